The van der Waals surface area contributed by atoms with Gasteiger partial charge in [0.25, 0.3) is 10.0 Å². The van der Waals surface area contributed by atoms with Crippen LogP contribution in [0, 0.1) is 5.92 Å². The highest BCUT2D eigenvalue weighted by molar-refractivity contribution is 9.10. The number of hydrogen-bond donors (Lipinski definition) is 0. The minimum atomic E-state index is -3.54. The van der Waals surface area contributed by atoms with E-state index in [1.54, 1.807) is 11.4 Å². The molecule has 0 aromatic carbocycles. The Kier molecular flexibility index (Phi) is 4.10. The molecule has 1 aromatic heterocycles. The van der Waals surface area contributed by atoms with Gasteiger partial charge in [0.05, 0.1) is 0 Å². The molecule has 0 amide bonds. The SMILES string of the molecule is CN1CCCC2CN(S(=O)(=O)c3c(Br)nnn3C)CCC21. The Bertz CT molecular complexity index is 612. The number of likely N-dealkylation sites (tertiary alicyclic amines) is 1. The predicted octanol–water partition coefficient (Wildman–Crippen LogP) is 0.682. The maximum atomic E-state index is 12.8. The van der Waals surface area contributed by atoms with Crippen LogP contribution in [0.5, 0.6) is 0 Å². The van der Waals surface area contributed by atoms with Gasteiger partial charge in [-0.15, -0.1) is 5.10 Å². The Morgan fingerprint density at radius 1 is 1.24 bits per heavy atom. The number of nitrogens with zero attached hydrogens (tertiary/aromatic N) is 5. The molecule has 0 N–H and O–H groups in total. The lowest BCUT2D eigenvalue weighted by Crippen LogP contribution is -2.54. The molecular formula is C12H20BrN5O2S. The number of halogens is 1. The van der Waals surface area contributed by atoms with Crippen LogP contribution in [0.1, 0.15) is 19.3 Å². The molecule has 3 heterocycles. The topological polar surface area (TPSA) is 71.3 Å². The fourth-order valence-electron chi connectivity index (χ4n) is 3.56. The van der Waals surface area contributed by atoms with Crippen molar-refractivity contribution in [2.75, 3.05) is 26.7 Å². The van der Waals surface area contributed by atoms with Crippen molar-refractivity contribution in [1.82, 2.24) is 24.2 Å². The first kappa shape index (κ1) is 15.4. The summed E-state index contributed by atoms with van der Waals surface area (Å²) in [5, 5.41) is 7.71. The van der Waals surface area contributed by atoms with Gasteiger partial charge in [-0.1, -0.05) is 5.21 Å². The second kappa shape index (κ2) is 5.60. The van der Waals surface area contributed by atoms with Crippen molar-refractivity contribution in [3.63, 3.8) is 0 Å². The van der Waals surface area contributed by atoms with E-state index in [0.29, 0.717) is 25.0 Å². The molecule has 2 aliphatic rings. The summed E-state index contributed by atoms with van der Waals surface area (Å²) in [5.41, 5.74) is 0. The molecule has 2 unspecified atom stereocenters. The average Bonchev–Trinajstić information content (AvgIpc) is 2.78. The number of rotatable bonds is 2. The molecule has 118 valence electrons. The van der Waals surface area contributed by atoms with E-state index in [9.17, 15) is 8.42 Å². The number of aromatic nitrogens is 3. The van der Waals surface area contributed by atoms with Crippen molar-refractivity contribution in [2.24, 2.45) is 13.0 Å². The second-order valence-corrected chi connectivity index (χ2v) is 8.52. The minimum Gasteiger partial charge on any atom is -0.303 e. The maximum absolute atomic E-state index is 12.8. The standard InChI is InChI=1S/C12H20BrN5O2S/c1-16-6-3-4-9-8-18(7-5-10(9)16)21(19,20)12-11(13)14-15-17(12)2/h9-10H,3-8H2,1-2H3. The Balaban J connectivity index is 1.85. The number of hydrogen-bond acceptors (Lipinski definition) is 5. The first-order chi connectivity index (χ1) is 9.91. The van der Waals surface area contributed by atoms with E-state index in [1.165, 1.54) is 4.68 Å². The van der Waals surface area contributed by atoms with Crippen LogP contribution in [0.3, 0.4) is 0 Å². The van der Waals surface area contributed by atoms with Gasteiger partial charge in [0, 0.05) is 26.2 Å². The monoisotopic (exact) mass is 377 g/mol. The lowest BCUT2D eigenvalue weighted by Gasteiger charge is -2.45. The molecule has 0 saturated carbocycles. The van der Waals surface area contributed by atoms with E-state index in [2.05, 4.69) is 38.2 Å². The molecule has 2 atom stereocenters. The van der Waals surface area contributed by atoms with Gasteiger partial charge < -0.3 is 4.90 Å². The van der Waals surface area contributed by atoms with Gasteiger partial charge >= 0.3 is 0 Å². The molecule has 0 radical (unpaired) electrons. The molecular weight excluding hydrogens is 358 g/mol. The third kappa shape index (κ3) is 2.64. The summed E-state index contributed by atoms with van der Waals surface area (Å²) in [6.45, 7) is 2.27. The summed E-state index contributed by atoms with van der Waals surface area (Å²) in [6.07, 6.45) is 3.14. The highest BCUT2D eigenvalue weighted by Crippen LogP contribution is 2.33. The van der Waals surface area contributed by atoms with E-state index in [0.717, 1.165) is 25.8 Å². The smallest absolute Gasteiger partial charge is 0.263 e. The third-order valence-electron chi connectivity index (χ3n) is 4.63. The first-order valence-electron chi connectivity index (χ1n) is 7.17. The molecule has 0 bridgehead atoms. The summed E-state index contributed by atoms with van der Waals surface area (Å²) in [4.78, 5) is 2.37. The highest BCUT2D eigenvalue weighted by Gasteiger charge is 2.40. The van der Waals surface area contributed by atoms with Crippen LogP contribution in [0.25, 0.3) is 0 Å². The maximum Gasteiger partial charge on any atom is 0.263 e. The van der Waals surface area contributed by atoms with Crippen molar-refractivity contribution in [2.45, 2.75) is 30.3 Å². The average molecular weight is 378 g/mol. The zero-order valence-electron chi connectivity index (χ0n) is 12.2. The molecule has 3 rings (SSSR count). The van der Waals surface area contributed by atoms with E-state index >= 15 is 0 Å². The molecule has 1 aromatic rings. The largest absolute Gasteiger partial charge is 0.303 e. The minimum absolute atomic E-state index is 0.144. The van der Waals surface area contributed by atoms with E-state index < -0.39 is 10.0 Å². The fraction of sp³-hybridized carbons (Fsp3) is 0.833. The molecule has 0 spiro atoms. The molecule has 2 aliphatic heterocycles. The molecule has 2 saturated heterocycles. The normalized spacial score (nSPS) is 28.5. The highest BCUT2D eigenvalue weighted by atomic mass is 79.9. The Hall–Kier alpha value is -0.510. The number of piperidine rings is 2. The summed E-state index contributed by atoms with van der Waals surface area (Å²) >= 11 is 3.19. The molecule has 0 aliphatic carbocycles. The third-order valence-corrected chi connectivity index (χ3v) is 7.38. The fourth-order valence-corrected chi connectivity index (χ4v) is 6.10. The van der Waals surface area contributed by atoms with Gasteiger partial charge in [-0.2, -0.15) is 4.31 Å². The van der Waals surface area contributed by atoms with Crippen molar-refractivity contribution in [1.29, 1.82) is 0 Å². The van der Waals surface area contributed by atoms with Crippen molar-refractivity contribution >= 4 is 26.0 Å². The van der Waals surface area contributed by atoms with Crippen LogP contribution < -0.4 is 0 Å². The van der Waals surface area contributed by atoms with E-state index in [1.807, 2.05) is 0 Å². The Morgan fingerprint density at radius 3 is 2.67 bits per heavy atom. The van der Waals surface area contributed by atoms with Crippen molar-refractivity contribution < 1.29 is 8.42 Å². The summed E-state index contributed by atoms with van der Waals surface area (Å²) in [5.74, 6) is 0.423. The quantitative estimate of drug-likeness (QED) is 0.757. The number of aryl methyl sites for hydroxylation is 1. The molecule has 9 heteroatoms. The van der Waals surface area contributed by atoms with Gasteiger partial charge in [0.1, 0.15) is 0 Å². The molecule has 21 heavy (non-hydrogen) atoms. The van der Waals surface area contributed by atoms with Crippen molar-refractivity contribution in [3.8, 4) is 0 Å². The van der Waals surface area contributed by atoms with Crippen LogP contribution in [-0.4, -0.2) is 65.3 Å². The lowest BCUT2D eigenvalue weighted by molar-refractivity contribution is 0.0669. The Morgan fingerprint density at radius 2 is 2.00 bits per heavy atom. The number of fused-ring (bicyclic) bond motifs is 1. The summed E-state index contributed by atoms with van der Waals surface area (Å²) < 4.78 is 28.9. The van der Waals surface area contributed by atoms with Gasteiger partial charge in [0.2, 0.25) is 5.03 Å². The van der Waals surface area contributed by atoms with Gasteiger partial charge in [-0.25, -0.2) is 13.1 Å². The molecule has 7 nitrogen and oxygen atoms in total. The summed E-state index contributed by atoms with van der Waals surface area (Å²) in [6, 6.07) is 0.512. The van der Waals surface area contributed by atoms with Gasteiger partial charge in [-0.3, -0.25) is 0 Å². The van der Waals surface area contributed by atoms with Crippen LogP contribution in [-0.2, 0) is 17.1 Å². The zero-order chi connectivity index (χ0) is 15.2. The van der Waals surface area contributed by atoms with Crippen LogP contribution >= 0.6 is 15.9 Å². The Labute approximate surface area is 133 Å². The van der Waals surface area contributed by atoms with E-state index in [4.69, 9.17) is 0 Å². The second-order valence-electron chi connectivity index (χ2n) is 5.91. The zero-order valence-corrected chi connectivity index (χ0v) is 14.6. The van der Waals surface area contributed by atoms with Gasteiger partial charge in [0.15, 0.2) is 4.60 Å². The lowest BCUT2D eigenvalue weighted by atomic mass is 9.85. The van der Waals surface area contributed by atoms with Crippen LogP contribution in [0.2, 0.25) is 0 Å². The number of sulfonamides is 1. The van der Waals surface area contributed by atoms with Crippen LogP contribution in [0.4, 0.5) is 0 Å². The molecule has 2 fully saturated rings. The summed E-state index contributed by atoms with van der Waals surface area (Å²) in [7, 11) is 0.202. The first-order valence-corrected chi connectivity index (χ1v) is 9.40. The van der Waals surface area contributed by atoms with Gasteiger partial charge in [-0.05, 0) is 54.7 Å². The predicted molar refractivity (Wildman–Crippen MR) is 81.2 cm³/mol. The van der Waals surface area contributed by atoms with Crippen molar-refractivity contribution in [3.05, 3.63) is 4.60 Å². The van der Waals surface area contributed by atoms with E-state index in [-0.39, 0.29) is 9.63 Å². The van der Waals surface area contributed by atoms with Crippen LogP contribution in [0.15, 0.2) is 9.63 Å².